The molecular weight excluding hydrogens is 204 g/mol. The van der Waals surface area contributed by atoms with Crippen LogP contribution in [-0.2, 0) is 0 Å². The molecule has 1 aliphatic carbocycles. The van der Waals surface area contributed by atoms with Crippen LogP contribution >= 0.6 is 11.3 Å². The molecular formula is C12H20N2S. The molecule has 1 fully saturated rings. The van der Waals surface area contributed by atoms with Crippen molar-refractivity contribution in [3.8, 4) is 0 Å². The lowest BCUT2D eigenvalue weighted by molar-refractivity contribution is 0.312. The standard InChI is InChI=1S/C12H20N2S/c1-13-11-6-4-10(5-7-11)9-14-12-3-2-8-15-12/h2-3,8,10-11,13-14H,4-7,9H2,1H3. The fourth-order valence-electron chi connectivity index (χ4n) is 2.28. The van der Waals surface area contributed by atoms with Gasteiger partial charge in [-0.3, -0.25) is 0 Å². The number of rotatable bonds is 4. The zero-order chi connectivity index (χ0) is 10.5. The Morgan fingerprint density at radius 3 is 2.73 bits per heavy atom. The van der Waals surface area contributed by atoms with Gasteiger partial charge < -0.3 is 10.6 Å². The van der Waals surface area contributed by atoms with E-state index in [1.54, 1.807) is 11.3 Å². The topological polar surface area (TPSA) is 24.1 Å². The van der Waals surface area contributed by atoms with E-state index in [9.17, 15) is 0 Å². The lowest BCUT2D eigenvalue weighted by Crippen LogP contribution is -2.32. The SMILES string of the molecule is CNC1CCC(CNc2cccs2)CC1. The van der Waals surface area contributed by atoms with E-state index in [2.05, 4.69) is 35.2 Å². The van der Waals surface area contributed by atoms with Crippen LogP contribution in [0.2, 0.25) is 0 Å². The highest BCUT2D eigenvalue weighted by Crippen LogP contribution is 2.25. The third kappa shape index (κ3) is 3.21. The first-order chi connectivity index (χ1) is 7.38. The molecule has 0 saturated heterocycles. The van der Waals surface area contributed by atoms with Gasteiger partial charge in [0.25, 0.3) is 0 Å². The molecule has 1 heterocycles. The van der Waals surface area contributed by atoms with E-state index in [4.69, 9.17) is 0 Å². The smallest absolute Gasteiger partial charge is 0.0882 e. The number of hydrogen-bond donors (Lipinski definition) is 2. The van der Waals surface area contributed by atoms with Crippen LogP contribution in [0.25, 0.3) is 0 Å². The normalized spacial score (nSPS) is 26.5. The fourth-order valence-corrected chi connectivity index (χ4v) is 2.91. The zero-order valence-electron chi connectivity index (χ0n) is 9.33. The summed E-state index contributed by atoms with van der Waals surface area (Å²) < 4.78 is 0. The third-order valence-corrected chi connectivity index (χ3v) is 4.17. The number of anilines is 1. The van der Waals surface area contributed by atoms with Crippen LogP contribution in [0.4, 0.5) is 5.00 Å². The van der Waals surface area contributed by atoms with Gasteiger partial charge in [-0.1, -0.05) is 0 Å². The van der Waals surface area contributed by atoms with E-state index in [0.29, 0.717) is 0 Å². The van der Waals surface area contributed by atoms with Crippen LogP contribution in [0.1, 0.15) is 25.7 Å². The summed E-state index contributed by atoms with van der Waals surface area (Å²) in [5.74, 6) is 0.872. The average molecular weight is 224 g/mol. The Bertz CT molecular complexity index is 263. The molecule has 84 valence electrons. The maximum atomic E-state index is 3.53. The predicted molar refractivity (Wildman–Crippen MR) is 67.6 cm³/mol. The van der Waals surface area contributed by atoms with E-state index in [-0.39, 0.29) is 0 Å². The van der Waals surface area contributed by atoms with Crippen LogP contribution in [0.15, 0.2) is 17.5 Å². The Hall–Kier alpha value is -0.540. The molecule has 1 saturated carbocycles. The molecule has 3 heteroatoms. The Kier molecular flexibility index (Phi) is 4.03. The minimum atomic E-state index is 0.767. The van der Waals surface area contributed by atoms with Crippen LogP contribution in [0.3, 0.4) is 0 Å². The number of thiophene rings is 1. The summed E-state index contributed by atoms with van der Waals surface area (Å²) in [7, 11) is 2.08. The third-order valence-electron chi connectivity index (χ3n) is 3.34. The fraction of sp³-hybridized carbons (Fsp3) is 0.667. The molecule has 0 amide bonds. The first-order valence-electron chi connectivity index (χ1n) is 5.83. The molecule has 2 nitrogen and oxygen atoms in total. The summed E-state index contributed by atoms with van der Waals surface area (Å²) in [4.78, 5) is 0. The zero-order valence-corrected chi connectivity index (χ0v) is 10.1. The summed E-state index contributed by atoms with van der Waals surface area (Å²) in [5.41, 5.74) is 0. The monoisotopic (exact) mass is 224 g/mol. The van der Waals surface area contributed by atoms with Crippen LogP contribution in [-0.4, -0.2) is 19.6 Å². The van der Waals surface area contributed by atoms with Crippen molar-refractivity contribution in [2.75, 3.05) is 18.9 Å². The molecule has 15 heavy (non-hydrogen) atoms. The summed E-state index contributed by atoms with van der Waals surface area (Å²) in [5, 5.41) is 10.3. The van der Waals surface area contributed by atoms with Gasteiger partial charge in [0.2, 0.25) is 0 Å². The first-order valence-corrected chi connectivity index (χ1v) is 6.71. The van der Waals surface area contributed by atoms with Crippen molar-refractivity contribution in [3.63, 3.8) is 0 Å². The van der Waals surface area contributed by atoms with Crippen LogP contribution in [0.5, 0.6) is 0 Å². The van der Waals surface area contributed by atoms with E-state index >= 15 is 0 Å². The molecule has 0 bridgehead atoms. The van der Waals surface area contributed by atoms with Crippen molar-refractivity contribution < 1.29 is 0 Å². The summed E-state index contributed by atoms with van der Waals surface area (Å²) >= 11 is 1.79. The van der Waals surface area contributed by atoms with Crippen LogP contribution < -0.4 is 10.6 Å². The lowest BCUT2D eigenvalue weighted by atomic mass is 9.86. The van der Waals surface area contributed by atoms with E-state index in [0.717, 1.165) is 18.5 Å². The molecule has 0 radical (unpaired) electrons. The van der Waals surface area contributed by atoms with Gasteiger partial charge in [0, 0.05) is 12.6 Å². The Balaban J connectivity index is 1.69. The molecule has 1 aliphatic rings. The Labute approximate surface area is 96.1 Å². The predicted octanol–water partition coefficient (Wildman–Crippen LogP) is 2.94. The quantitative estimate of drug-likeness (QED) is 0.821. The van der Waals surface area contributed by atoms with Gasteiger partial charge in [-0.25, -0.2) is 0 Å². The second-order valence-electron chi connectivity index (χ2n) is 4.36. The molecule has 0 aromatic carbocycles. The van der Waals surface area contributed by atoms with Crippen molar-refractivity contribution in [3.05, 3.63) is 17.5 Å². The van der Waals surface area contributed by atoms with Crippen molar-refractivity contribution in [1.82, 2.24) is 5.32 Å². The van der Waals surface area contributed by atoms with E-state index in [1.165, 1.54) is 30.7 Å². The van der Waals surface area contributed by atoms with Crippen LogP contribution in [0, 0.1) is 5.92 Å². The lowest BCUT2D eigenvalue weighted by Gasteiger charge is -2.28. The highest BCUT2D eigenvalue weighted by atomic mass is 32.1. The maximum absolute atomic E-state index is 3.53. The number of hydrogen-bond acceptors (Lipinski definition) is 3. The summed E-state index contributed by atoms with van der Waals surface area (Å²) in [6, 6.07) is 5.03. The molecule has 0 atom stereocenters. The largest absolute Gasteiger partial charge is 0.377 e. The Morgan fingerprint density at radius 1 is 1.33 bits per heavy atom. The second kappa shape index (κ2) is 5.52. The first kappa shape index (κ1) is 11.0. The van der Waals surface area contributed by atoms with E-state index < -0.39 is 0 Å². The molecule has 0 unspecified atom stereocenters. The van der Waals surface area contributed by atoms with Crippen molar-refractivity contribution in [2.24, 2.45) is 5.92 Å². The summed E-state index contributed by atoms with van der Waals surface area (Å²) in [6.07, 6.45) is 5.41. The van der Waals surface area contributed by atoms with Crippen molar-refractivity contribution in [1.29, 1.82) is 0 Å². The highest BCUT2D eigenvalue weighted by molar-refractivity contribution is 7.14. The molecule has 1 aromatic rings. The maximum Gasteiger partial charge on any atom is 0.0882 e. The van der Waals surface area contributed by atoms with Gasteiger partial charge in [-0.15, -0.1) is 11.3 Å². The highest BCUT2D eigenvalue weighted by Gasteiger charge is 2.19. The van der Waals surface area contributed by atoms with Gasteiger partial charge in [0.1, 0.15) is 0 Å². The van der Waals surface area contributed by atoms with Gasteiger partial charge in [0.05, 0.1) is 5.00 Å². The second-order valence-corrected chi connectivity index (χ2v) is 5.31. The minimum Gasteiger partial charge on any atom is -0.377 e. The Morgan fingerprint density at radius 2 is 2.13 bits per heavy atom. The molecule has 0 aliphatic heterocycles. The molecule has 2 rings (SSSR count). The van der Waals surface area contributed by atoms with Crippen molar-refractivity contribution >= 4 is 16.3 Å². The van der Waals surface area contributed by atoms with Gasteiger partial charge in [-0.05, 0) is 56.2 Å². The van der Waals surface area contributed by atoms with Gasteiger partial charge >= 0.3 is 0 Å². The molecule has 0 spiro atoms. The molecule has 2 N–H and O–H groups in total. The van der Waals surface area contributed by atoms with E-state index in [1.807, 2.05) is 0 Å². The number of nitrogens with one attached hydrogen (secondary N) is 2. The van der Waals surface area contributed by atoms with Gasteiger partial charge in [0.15, 0.2) is 0 Å². The summed E-state index contributed by atoms with van der Waals surface area (Å²) in [6.45, 7) is 1.15. The minimum absolute atomic E-state index is 0.767. The van der Waals surface area contributed by atoms with Crippen molar-refractivity contribution in [2.45, 2.75) is 31.7 Å². The average Bonchev–Trinajstić information content (AvgIpc) is 2.80. The molecule has 1 aromatic heterocycles. The van der Waals surface area contributed by atoms with Gasteiger partial charge in [-0.2, -0.15) is 0 Å².